The third-order valence-corrected chi connectivity index (χ3v) is 2.97. The van der Waals surface area contributed by atoms with Gasteiger partial charge in [0.15, 0.2) is 0 Å². The smallest absolute Gasteiger partial charge is 0.316 e. The molecule has 0 saturated carbocycles. The summed E-state index contributed by atoms with van der Waals surface area (Å²) in [7, 11) is 0. The van der Waals surface area contributed by atoms with Crippen molar-refractivity contribution in [1.29, 1.82) is 0 Å². The van der Waals surface area contributed by atoms with Gasteiger partial charge in [-0.05, 0) is 25.5 Å². The van der Waals surface area contributed by atoms with E-state index in [0.29, 0.717) is 6.42 Å². The molecule has 2 nitrogen and oxygen atoms in total. The van der Waals surface area contributed by atoms with Crippen LogP contribution in [0.3, 0.4) is 0 Å². The Bertz CT molecular complexity index is 142. The van der Waals surface area contributed by atoms with E-state index in [9.17, 15) is 9.18 Å². The van der Waals surface area contributed by atoms with Gasteiger partial charge in [0.05, 0.1) is 11.9 Å². The van der Waals surface area contributed by atoms with Crippen LogP contribution < -0.4 is 0 Å². The number of unbranched alkanes of at least 4 members (excludes halogenated alkanes) is 3. The fourth-order valence-electron chi connectivity index (χ4n) is 0.882. The quantitative estimate of drug-likeness (QED) is 0.623. The highest BCUT2D eigenvalue weighted by Crippen LogP contribution is 2.13. The van der Waals surface area contributed by atoms with Crippen molar-refractivity contribution in [2.45, 2.75) is 37.9 Å². The number of aliphatic carboxylic acids is 1. The van der Waals surface area contributed by atoms with Crippen molar-refractivity contribution < 1.29 is 14.3 Å². The Hall–Kier alpha value is -0.250. The molecule has 1 unspecified atom stereocenters. The molecule has 1 atom stereocenters. The third-order valence-electron chi connectivity index (χ3n) is 1.74. The molecule has 0 aromatic carbocycles. The van der Waals surface area contributed by atoms with E-state index in [2.05, 4.69) is 0 Å². The van der Waals surface area contributed by atoms with Gasteiger partial charge in [-0.15, -0.1) is 11.8 Å². The van der Waals surface area contributed by atoms with Crippen molar-refractivity contribution in [2.75, 3.05) is 12.4 Å². The van der Waals surface area contributed by atoms with Crippen molar-refractivity contribution in [3.05, 3.63) is 0 Å². The lowest BCUT2D eigenvalue weighted by molar-refractivity contribution is -0.136. The number of carbonyl (C=O) groups is 1. The van der Waals surface area contributed by atoms with Crippen LogP contribution in [0, 0.1) is 0 Å². The summed E-state index contributed by atoms with van der Waals surface area (Å²) in [5.74, 6) is 0.105. The SMILES string of the molecule is CC(SCCCCCCF)C(=O)O. The second kappa shape index (κ2) is 8.35. The largest absolute Gasteiger partial charge is 0.480 e. The molecule has 0 saturated heterocycles. The first kappa shape index (κ1) is 12.8. The van der Waals surface area contributed by atoms with Crippen LogP contribution in [0.15, 0.2) is 0 Å². The fourth-order valence-corrected chi connectivity index (χ4v) is 1.75. The van der Waals surface area contributed by atoms with Gasteiger partial charge in [-0.25, -0.2) is 0 Å². The van der Waals surface area contributed by atoms with Gasteiger partial charge in [0.1, 0.15) is 0 Å². The van der Waals surface area contributed by atoms with E-state index in [1.54, 1.807) is 6.92 Å². The predicted octanol–water partition coefficient (Wildman–Crippen LogP) is 2.72. The van der Waals surface area contributed by atoms with Crippen molar-refractivity contribution >= 4 is 17.7 Å². The Morgan fingerprint density at radius 1 is 1.38 bits per heavy atom. The van der Waals surface area contributed by atoms with Crippen LogP contribution in [0.25, 0.3) is 0 Å². The molecule has 0 aliphatic rings. The molecule has 0 bridgehead atoms. The minimum Gasteiger partial charge on any atom is -0.480 e. The normalized spacial score (nSPS) is 12.8. The summed E-state index contributed by atoms with van der Waals surface area (Å²) in [6, 6.07) is 0. The van der Waals surface area contributed by atoms with E-state index in [4.69, 9.17) is 5.11 Å². The molecule has 0 fully saturated rings. The van der Waals surface area contributed by atoms with Crippen molar-refractivity contribution in [3.63, 3.8) is 0 Å². The third kappa shape index (κ3) is 8.09. The monoisotopic (exact) mass is 208 g/mol. The van der Waals surface area contributed by atoms with E-state index in [-0.39, 0.29) is 11.9 Å². The zero-order valence-corrected chi connectivity index (χ0v) is 8.78. The van der Waals surface area contributed by atoms with Crippen LogP contribution in [0.5, 0.6) is 0 Å². The first-order valence-corrected chi connectivity index (χ1v) is 5.63. The lowest BCUT2D eigenvalue weighted by Crippen LogP contribution is -2.11. The van der Waals surface area contributed by atoms with Gasteiger partial charge >= 0.3 is 5.97 Å². The number of hydrogen-bond donors (Lipinski definition) is 1. The summed E-state index contributed by atoms with van der Waals surface area (Å²) in [4.78, 5) is 10.4. The zero-order valence-electron chi connectivity index (χ0n) is 7.96. The molecule has 0 amide bonds. The Labute approximate surface area is 82.9 Å². The molecule has 0 spiro atoms. The molecule has 0 heterocycles. The van der Waals surface area contributed by atoms with Gasteiger partial charge in [0.2, 0.25) is 0 Å². The number of hydrogen-bond acceptors (Lipinski definition) is 2. The van der Waals surface area contributed by atoms with Crippen LogP contribution in [0.1, 0.15) is 32.6 Å². The lowest BCUT2D eigenvalue weighted by atomic mass is 10.2. The summed E-state index contributed by atoms with van der Waals surface area (Å²) < 4.78 is 11.7. The van der Waals surface area contributed by atoms with Crippen LogP contribution >= 0.6 is 11.8 Å². The standard InChI is InChI=1S/C9H17FO2S/c1-8(9(11)12)13-7-5-3-2-4-6-10/h8H,2-7H2,1H3,(H,11,12). The van der Waals surface area contributed by atoms with Crippen LogP contribution in [-0.2, 0) is 4.79 Å². The molecule has 0 aromatic rings. The van der Waals surface area contributed by atoms with Gasteiger partial charge in [0.25, 0.3) is 0 Å². The van der Waals surface area contributed by atoms with Crippen LogP contribution in [-0.4, -0.2) is 28.8 Å². The number of carboxylic acids is 1. The average Bonchev–Trinajstić information content (AvgIpc) is 2.10. The number of halogens is 1. The first-order chi connectivity index (χ1) is 6.18. The highest BCUT2D eigenvalue weighted by Gasteiger charge is 2.09. The van der Waals surface area contributed by atoms with Crippen molar-refractivity contribution in [3.8, 4) is 0 Å². The highest BCUT2D eigenvalue weighted by molar-refractivity contribution is 8.00. The molecular weight excluding hydrogens is 191 g/mol. The molecule has 0 rings (SSSR count). The molecule has 1 N–H and O–H groups in total. The van der Waals surface area contributed by atoms with Gasteiger partial charge in [-0.1, -0.05) is 12.8 Å². The topological polar surface area (TPSA) is 37.3 Å². The van der Waals surface area contributed by atoms with E-state index < -0.39 is 5.97 Å². The Morgan fingerprint density at radius 3 is 2.54 bits per heavy atom. The lowest BCUT2D eigenvalue weighted by Gasteiger charge is -2.04. The highest BCUT2D eigenvalue weighted by atomic mass is 32.2. The molecule has 13 heavy (non-hydrogen) atoms. The van der Waals surface area contributed by atoms with Gasteiger partial charge in [-0.2, -0.15) is 0 Å². The number of carboxylic acid groups (broad SMARTS) is 1. The molecule has 0 aliphatic carbocycles. The number of rotatable bonds is 8. The van der Waals surface area contributed by atoms with Crippen LogP contribution in [0.4, 0.5) is 4.39 Å². The van der Waals surface area contributed by atoms with Gasteiger partial charge < -0.3 is 5.11 Å². The minimum atomic E-state index is -0.756. The Kier molecular flexibility index (Phi) is 8.19. The van der Waals surface area contributed by atoms with E-state index >= 15 is 0 Å². The van der Waals surface area contributed by atoms with Crippen molar-refractivity contribution in [2.24, 2.45) is 0 Å². The maximum atomic E-state index is 11.7. The van der Waals surface area contributed by atoms with Crippen LogP contribution in [0.2, 0.25) is 0 Å². The first-order valence-electron chi connectivity index (χ1n) is 4.59. The summed E-state index contributed by atoms with van der Waals surface area (Å²) in [5, 5.41) is 8.23. The van der Waals surface area contributed by atoms with Gasteiger partial charge in [0, 0.05) is 0 Å². The summed E-state index contributed by atoms with van der Waals surface area (Å²) in [5.41, 5.74) is 0. The minimum absolute atomic E-state index is 0.237. The molecule has 4 heteroatoms. The van der Waals surface area contributed by atoms with Crippen molar-refractivity contribution in [1.82, 2.24) is 0 Å². The average molecular weight is 208 g/mol. The maximum absolute atomic E-state index is 11.7. The summed E-state index contributed by atoms with van der Waals surface area (Å²) >= 11 is 1.45. The molecule has 0 aromatic heterocycles. The van der Waals surface area contributed by atoms with E-state index in [1.807, 2.05) is 0 Å². The Morgan fingerprint density at radius 2 is 2.00 bits per heavy atom. The predicted molar refractivity (Wildman–Crippen MR) is 54.0 cm³/mol. The number of alkyl halides is 1. The molecule has 0 radical (unpaired) electrons. The Balaban J connectivity index is 3.11. The number of thioether (sulfide) groups is 1. The maximum Gasteiger partial charge on any atom is 0.316 e. The molecule has 78 valence electrons. The molecule has 0 aliphatic heterocycles. The van der Waals surface area contributed by atoms with E-state index in [0.717, 1.165) is 25.0 Å². The zero-order chi connectivity index (χ0) is 10.1. The molecular formula is C9H17FO2S. The summed E-state index contributed by atoms with van der Waals surface area (Å²) in [6.07, 6.45) is 3.54. The van der Waals surface area contributed by atoms with E-state index in [1.165, 1.54) is 11.8 Å². The second-order valence-corrected chi connectivity index (χ2v) is 4.40. The van der Waals surface area contributed by atoms with Gasteiger partial charge in [-0.3, -0.25) is 9.18 Å². The summed E-state index contributed by atoms with van der Waals surface area (Å²) in [6.45, 7) is 1.45. The second-order valence-electron chi connectivity index (χ2n) is 2.95. The fraction of sp³-hybridized carbons (Fsp3) is 0.889.